The van der Waals surface area contributed by atoms with Gasteiger partial charge in [-0.25, -0.2) is 4.39 Å². The molecule has 0 fully saturated rings. The zero-order valence-corrected chi connectivity index (χ0v) is 14.2. The summed E-state index contributed by atoms with van der Waals surface area (Å²) in [5, 5.41) is 3.28. The number of benzene rings is 2. The summed E-state index contributed by atoms with van der Waals surface area (Å²) in [6, 6.07) is 11.2. The first-order chi connectivity index (χ1) is 10.9. The highest BCUT2D eigenvalue weighted by Crippen LogP contribution is 2.27. The Hall–Kier alpha value is -1.62. The van der Waals surface area contributed by atoms with Crippen molar-refractivity contribution in [2.75, 3.05) is 13.7 Å². The molecule has 2 rings (SSSR count). The Morgan fingerprint density at radius 2 is 1.96 bits per heavy atom. The second kappa shape index (κ2) is 7.30. The van der Waals surface area contributed by atoms with E-state index in [4.69, 9.17) is 27.9 Å². The maximum Gasteiger partial charge on any atom is 0.255 e. The maximum atomic E-state index is 13.8. The predicted molar refractivity (Wildman–Crippen MR) is 89.6 cm³/mol. The highest BCUT2D eigenvalue weighted by atomic mass is 35.5. The first kappa shape index (κ1) is 17.7. The first-order valence-electron chi connectivity index (χ1n) is 6.91. The molecule has 23 heavy (non-hydrogen) atoms. The second-order valence-electron chi connectivity index (χ2n) is 5.22. The molecule has 0 aliphatic heterocycles. The van der Waals surface area contributed by atoms with E-state index in [0.29, 0.717) is 5.02 Å². The van der Waals surface area contributed by atoms with Gasteiger partial charge in [0.1, 0.15) is 11.4 Å². The predicted octanol–water partition coefficient (Wildman–Crippen LogP) is 4.42. The van der Waals surface area contributed by atoms with Crippen molar-refractivity contribution < 1.29 is 13.9 Å². The van der Waals surface area contributed by atoms with Gasteiger partial charge in [-0.2, -0.15) is 0 Å². The Balaban J connectivity index is 2.19. The molecule has 0 aliphatic carbocycles. The van der Waals surface area contributed by atoms with Crippen molar-refractivity contribution in [3.05, 3.63) is 69.5 Å². The summed E-state index contributed by atoms with van der Waals surface area (Å²) in [5.74, 6) is -1.27. The Morgan fingerprint density at radius 1 is 1.26 bits per heavy atom. The van der Waals surface area contributed by atoms with Crippen LogP contribution in [-0.4, -0.2) is 19.6 Å². The van der Waals surface area contributed by atoms with Gasteiger partial charge >= 0.3 is 0 Å². The van der Waals surface area contributed by atoms with Crippen molar-refractivity contribution in [2.45, 2.75) is 12.5 Å². The van der Waals surface area contributed by atoms with Crippen LogP contribution in [0.15, 0.2) is 42.5 Å². The van der Waals surface area contributed by atoms with E-state index in [1.807, 2.05) is 13.0 Å². The number of hydrogen-bond acceptors (Lipinski definition) is 2. The molecule has 0 radical (unpaired) electrons. The van der Waals surface area contributed by atoms with Gasteiger partial charge in [-0.3, -0.25) is 4.79 Å². The maximum absolute atomic E-state index is 13.8. The minimum atomic E-state index is -0.807. The van der Waals surface area contributed by atoms with Crippen LogP contribution >= 0.6 is 23.2 Å². The van der Waals surface area contributed by atoms with Crippen molar-refractivity contribution in [2.24, 2.45) is 0 Å². The molecule has 0 spiro atoms. The minimum absolute atomic E-state index is 0.0596. The van der Waals surface area contributed by atoms with E-state index >= 15 is 0 Å². The number of halogens is 3. The SMILES string of the molecule is COC(C)(CNC(=O)c1c(F)cccc1Cl)c1cccc(Cl)c1. The summed E-state index contributed by atoms with van der Waals surface area (Å²) >= 11 is 11.9. The van der Waals surface area contributed by atoms with E-state index in [2.05, 4.69) is 5.32 Å². The standard InChI is InChI=1S/C17H16Cl2FNO2/c1-17(23-2,11-5-3-6-12(18)9-11)10-21-16(22)15-13(19)7-4-8-14(15)20/h3-9H,10H2,1-2H3,(H,21,22). The van der Waals surface area contributed by atoms with Gasteiger partial charge in [0.2, 0.25) is 0 Å². The molecule has 1 N–H and O–H groups in total. The molecule has 0 aromatic heterocycles. The molecule has 1 unspecified atom stereocenters. The van der Waals surface area contributed by atoms with Crippen molar-refractivity contribution in [3.8, 4) is 0 Å². The van der Waals surface area contributed by atoms with Crippen molar-refractivity contribution in [1.29, 1.82) is 0 Å². The topological polar surface area (TPSA) is 38.3 Å². The lowest BCUT2D eigenvalue weighted by Crippen LogP contribution is -2.40. The highest BCUT2D eigenvalue weighted by molar-refractivity contribution is 6.33. The molecule has 1 atom stereocenters. The summed E-state index contributed by atoms with van der Waals surface area (Å²) in [5.41, 5.74) is -0.190. The Morgan fingerprint density at radius 3 is 2.57 bits per heavy atom. The van der Waals surface area contributed by atoms with E-state index < -0.39 is 17.3 Å². The lowest BCUT2D eigenvalue weighted by Gasteiger charge is -2.29. The van der Waals surface area contributed by atoms with E-state index in [1.165, 1.54) is 25.3 Å². The van der Waals surface area contributed by atoms with E-state index in [1.54, 1.807) is 18.2 Å². The minimum Gasteiger partial charge on any atom is -0.372 e. The fourth-order valence-corrected chi connectivity index (χ4v) is 2.60. The number of carbonyl (C=O) groups is 1. The smallest absolute Gasteiger partial charge is 0.255 e. The Kier molecular flexibility index (Phi) is 5.63. The van der Waals surface area contributed by atoms with Gasteiger partial charge in [0.15, 0.2) is 0 Å². The van der Waals surface area contributed by atoms with Crippen LogP contribution in [-0.2, 0) is 10.3 Å². The van der Waals surface area contributed by atoms with Gasteiger partial charge in [0.25, 0.3) is 5.91 Å². The van der Waals surface area contributed by atoms with Crippen LogP contribution in [0.4, 0.5) is 4.39 Å². The summed E-state index contributed by atoms with van der Waals surface area (Å²) < 4.78 is 19.3. The first-order valence-corrected chi connectivity index (χ1v) is 7.66. The van der Waals surface area contributed by atoms with E-state index in [-0.39, 0.29) is 17.1 Å². The van der Waals surface area contributed by atoms with Crippen LogP contribution in [0.2, 0.25) is 10.0 Å². The molecule has 122 valence electrons. The number of carbonyl (C=O) groups excluding carboxylic acids is 1. The Bertz CT molecular complexity index is 703. The summed E-state index contributed by atoms with van der Waals surface area (Å²) in [7, 11) is 1.53. The van der Waals surface area contributed by atoms with Gasteiger partial charge < -0.3 is 10.1 Å². The third-order valence-corrected chi connectivity index (χ3v) is 4.21. The van der Waals surface area contributed by atoms with E-state index in [0.717, 1.165) is 5.56 Å². The lowest BCUT2D eigenvalue weighted by atomic mass is 9.95. The van der Waals surface area contributed by atoms with E-state index in [9.17, 15) is 9.18 Å². The highest BCUT2D eigenvalue weighted by Gasteiger charge is 2.28. The van der Waals surface area contributed by atoms with Crippen LogP contribution in [0.3, 0.4) is 0 Å². The lowest BCUT2D eigenvalue weighted by molar-refractivity contribution is 0.00312. The van der Waals surface area contributed by atoms with Crippen LogP contribution in [0.1, 0.15) is 22.8 Å². The molecule has 0 saturated carbocycles. The number of nitrogens with one attached hydrogen (secondary N) is 1. The van der Waals surface area contributed by atoms with Gasteiger partial charge in [-0.1, -0.05) is 41.4 Å². The molecule has 2 aromatic carbocycles. The van der Waals surface area contributed by atoms with Crippen molar-refractivity contribution in [3.63, 3.8) is 0 Å². The molecule has 3 nitrogen and oxygen atoms in total. The molecule has 0 saturated heterocycles. The largest absolute Gasteiger partial charge is 0.372 e. The monoisotopic (exact) mass is 355 g/mol. The third kappa shape index (κ3) is 4.02. The summed E-state index contributed by atoms with van der Waals surface area (Å²) in [6.45, 7) is 1.94. The summed E-state index contributed by atoms with van der Waals surface area (Å²) in [4.78, 5) is 12.2. The number of rotatable bonds is 5. The number of amides is 1. The average Bonchev–Trinajstić information content (AvgIpc) is 2.52. The zero-order valence-electron chi connectivity index (χ0n) is 12.7. The van der Waals surface area contributed by atoms with Crippen LogP contribution in [0.5, 0.6) is 0 Å². The molecule has 1 amide bonds. The van der Waals surface area contributed by atoms with Gasteiger partial charge in [-0.15, -0.1) is 0 Å². The Labute approximate surface area is 144 Å². The van der Waals surface area contributed by atoms with Gasteiger partial charge in [0.05, 0.1) is 17.1 Å². The van der Waals surface area contributed by atoms with Gasteiger partial charge in [0, 0.05) is 12.1 Å². The van der Waals surface area contributed by atoms with Gasteiger partial charge in [-0.05, 0) is 36.8 Å². The number of methoxy groups -OCH3 is 1. The normalized spacial score (nSPS) is 13.4. The molecular weight excluding hydrogens is 340 g/mol. The molecule has 0 aliphatic rings. The number of hydrogen-bond donors (Lipinski definition) is 1. The second-order valence-corrected chi connectivity index (χ2v) is 6.07. The summed E-state index contributed by atoms with van der Waals surface area (Å²) in [6.07, 6.45) is 0. The molecule has 6 heteroatoms. The van der Waals surface area contributed by atoms with Crippen LogP contribution in [0.25, 0.3) is 0 Å². The third-order valence-electron chi connectivity index (χ3n) is 3.66. The molecular formula is C17H16Cl2FNO2. The van der Waals surface area contributed by atoms with Crippen LogP contribution < -0.4 is 5.32 Å². The fraction of sp³-hybridized carbons (Fsp3) is 0.235. The molecule has 2 aromatic rings. The molecule has 0 heterocycles. The fourth-order valence-electron chi connectivity index (χ4n) is 2.16. The zero-order chi connectivity index (χ0) is 17.0. The van der Waals surface area contributed by atoms with Crippen molar-refractivity contribution in [1.82, 2.24) is 5.32 Å². The average molecular weight is 356 g/mol. The van der Waals surface area contributed by atoms with Crippen molar-refractivity contribution >= 4 is 29.1 Å². The molecule has 0 bridgehead atoms. The van der Waals surface area contributed by atoms with Crippen LogP contribution in [0, 0.1) is 5.82 Å². The quantitative estimate of drug-likeness (QED) is 0.861. The number of ether oxygens (including phenoxy) is 1.